The van der Waals surface area contributed by atoms with Gasteiger partial charge in [0, 0.05) is 23.6 Å². The van der Waals surface area contributed by atoms with E-state index in [-0.39, 0.29) is 0 Å². The Morgan fingerprint density at radius 1 is 1.26 bits per heavy atom. The Morgan fingerprint density at radius 3 is 2.90 bits per heavy atom. The van der Waals surface area contributed by atoms with Gasteiger partial charge in [0.1, 0.15) is 24.1 Å². The molecule has 1 saturated heterocycles. The lowest BCUT2D eigenvalue weighted by Crippen LogP contribution is -2.44. The molecule has 4 aromatic rings. The van der Waals surface area contributed by atoms with Crippen LogP contribution in [0.15, 0.2) is 43.1 Å². The zero-order chi connectivity index (χ0) is 21.6. The molecule has 5 rings (SSSR count). The van der Waals surface area contributed by atoms with Crippen molar-refractivity contribution < 1.29 is 20.1 Å². The highest BCUT2D eigenvalue weighted by Gasteiger charge is 2.53. The largest absolute Gasteiger partial charge is 0.394 e. The number of aliphatic hydroxyl groups excluding tert-OH is 2. The maximum absolute atomic E-state index is 10.8. The molecule has 1 aromatic carbocycles. The average molecular weight is 424 g/mol. The summed E-state index contributed by atoms with van der Waals surface area (Å²) in [7, 11) is 0. The molecule has 0 bridgehead atoms. The first kappa shape index (κ1) is 19.9. The summed E-state index contributed by atoms with van der Waals surface area (Å²) in [6.07, 6.45) is 2.64. The van der Waals surface area contributed by atoms with Crippen molar-refractivity contribution in [3.8, 4) is 0 Å². The maximum Gasteiger partial charge on any atom is 0.168 e. The lowest BCUT2D eigenvalue weighted by molar-refractivity contribution is -0.0950. The van der Waals surface area contributed by atoms with Crippen molar-refractivity contribution in [1.82, 2.24) is 24.5 Å². The highest BCUT2D eigenvalue weighted by Crippen LogP contribution is 2.39. The molecule has 1 unspecified atom stereocenters. The molecule has 4 atom stereocenters. The number of aromatic nitrogens is 5. The van der Waals surface area contributed by atoms with Gasteiger partial charge in [0.05, 0.1) is 12.9 Å². The molecule has 5 N–H and O–H groups in total. The SMILES string of the molecule is C[C@]1(O)C(n2cnc3c(NCCc4c[nH]c5ccccc45)ncnc32)O[C@H](CO)[C@H]1O. The second-order valence-electron chi connectivity index (χ2n) is 7.96. The van der Waals surface area contributed by atoms with E-state index in [1.54, 1.807) is 4.57 Å². The number of anilines is 1. The number of nitrogens with one attached hydrogen (secondary N) is 2. The average Bonchev–Trinajstić information content (AvgIpc) is 3.44. The summed E-state index contributed by atoms with van der Waals surface area (Å²) in [6, 6.07) is 8.16. The Kier molecular flexibility index (Phi) is 4.86. The number of hydrogen-bond donors (Lipinski definition) is 5. The van der Waals surface area contributed by atoms with Crippen LogP contribution in [0.2, 0.25) is 0 Å². The smallest absolute Gasteiger partial charge is 0.168 e. The molecule has 4 heterocycles. The number of rotatable bonds is 6. The standard InChI is InChI=1S/C21H24N6O4/c1-21(30)17(29)15(9-28)31-20(21)27-11-26-16-18(24-10-25-19(16)27)22-7-6-12-8-23-14-5-3-2-4-13(12)14/h2-5,8,10-11,15,17,20,23,28-30H,6-7,9H2,1H3,(H,22,24,25)/t15-,17-,20?,21-/m1/s1. The van der Waals surface area contributed by atoms with E-state index < -0.39 is 30.6 Å². The quantitative estimate of drug-likeness (QED) is 0.308. The van der Waals surface area contributed by atoms with Crippen molar-refractivity contribution in [3.63, 3.8) is 0 Å². The molecule has 1 aliphatic rings. The Labute approximate surface area is 177 Å². The van der Waals surface area contributed by atoms with Crippen LogP contribution in [0.5, 0.6) is 0 Å². The van der Waals surface area contributed by atoms with Gasteiger partial charge in [0.15, 0.2) is 23.2 Å². The van der Waals surface area contributed by atoms with Crippen LogP contribution in [-0.4, -0.2) is 70.8 Å². The summed E-state index contributed by atoms with van der Waals surface area (Å²) in [6.45, 7) is 1.70. The molecule has 0 aliphatic carbocycles. The number of para-hydroxylation sites is 1. The van der Waals surface area contributed by atoms with Crippen LogP contribution in [0.1, 0.15) is 18.7 Å². The van der Waals surface area contributed by atoms with Crippen molar-refractivity contribution >= 4 is 27.9 Å². The summed E-state index contributed by atoms with van der Waals surface area (Å²) in [5.74, 6) is 0.570. The van der Waals surface area contributed by atoms with Crippen molar-refractivity contribution in [3.05, 3.63) is 48.7 Å². The maximum atomic E-state index is 10.8. The van der Waals surface area contributed by atoms with Gasteiger partial charge in [-0.25, -0.2) is 15.0 Å². The highest BCUT2D eigenvalue weighted by molar-refractivity contribution is 5.84. The normalized spacial score (nSPS) is 26.1. The van der Waals surface area contributed by atoms with E-state index in [1.807, 2.05) is 24.4 Å². The van der Waals surface area contributed by atoms with E-state index in [0.717, 1.165) is 11.9 Å². The first-order valence-electron chi connectivity index (χ1n) is 10.1. The van der Waals surface area contributed by atoms with E-state index >= 15 is 0 Å². The van der Waals surface area contributed by atoms with Crippen LogP contribution in [-0.2, 0) is 11.2 Å². The number of fused-ring (bicyclic) bond motifs is 2. The fourth-order valence-corrected chi connectivity index (χ4v) is 4.20. The second kappa shape index (κ2) is 7.57. The number of benzene rings is 1. The molecule has 0 amide bonds. The number of aliphatic hydroxyl groups is 3. The molecule has 31 heavy (non-hydrogen) atoms. The van der Waals surface area contributed by atoms with Crippen molar-refractivity contribution in [2.45, 2.75) is 37.4 Å². The van der Waals surface area contributed by atoms with E-state index in [0.29, 0.717) is 23.5 Å². The Morgan fingerprint density at radius 2 is 2.10 bits per heavy atom. The molecular formula is C21H24N6O4. The van der Waals surface area contributed by atoms with E-state index in [9.17, 15) is 15.3 Å². The Hall–Kier alpha value is -3.05. The molecule has 162 valence electrons. The molecule has 0 spiro atoms. The number of H-pyrrole nitrogens is 1. The summed E-state index contributed by atoms with van der Waals surface area (Å²) >= 11 is 0. The van der Waals surface area contributed by atoms with Crippen LogP contribution in [0.3, 0.4) is 0 Å². The summed E-state index contributed by atoms with van der Waals surface area (Å²) in [5.41, 5.74) is 1.68. The zero-order valence-electron chi connectivity index (χ0n) is 16.9. The Bertz CT molecular complexity index is 1220. The summed E-state index contributed by atoms with van der Waals surface area (Å²) in [4.78, 5) is 16.3. The lowest BCUT2D eigenvalue weighted by atomic mass is 9.96. The molecular weight excluding hydrogens is 400 g/mol. The van der Waals surface area contributed by atoms with Gasteiger partial charge in [0.2, 0.25) is 0 Å². The number of aromatic amines is 1. The van der Waals surface area contributed by atoms with Gasteiger partial charge in [-0.15, -0.1) is 0 Å². The van der Waals surface area contributed by atoms with Crippen LogP contribution < -0.4 is 5.32 Å². The minimum absolute atomic E-state index is 0.407. The third-order valence-corrected chi connectivity index (χ3v) is 5.91. The predicted octanol–water partition coefficient (Wildman–Crippen LogP) is 0.964. The molecule has 0 radical (unpaired) electrons. The summed E-state index contributed by atoms with van der Waals surface area (Å²) in [5, 5.41) is 35.0. The number of nitrogens with zero attached hydrogens (tertiary/aromatic N) is 4. The minimum atomic E-state index is -1.62. The number of hydrogen-bond acceptors (Lipinski definition) is 8. The lowest BCUT2D eigenvalue weighted by Gasteiger charge is -2.27. The third-order valence-electron chi connectivity index (χ3n) is 5.91. The third kappa shape index (κ3) is 3.24. The molecule has 3 aromatic heterocycles. The second-order valence-corrected chi connectivity index (χ2v) is 7.96. The predicted molar refractivity (Wildman–Crippen MR) is 113 cm³/mol. The van der Waals surface area contributed by atoms with Gasteiger partial charge in [-0.05, 0) is 25.0 Å². The fraction of sp³-hybridized carbons (Fsp3) is 0.381. The van der Waals surface area contributed by atoms with Crippen LogP contribution in [0.25, 0.3) is 22.1 Å². The van der Waals surface area contributed by atoms with Crippen molar-refractivity contribution in [1.29, 1.82) is 0 Å². The number of imidazole rings is 1. The molecule has 0 saturated carbocycles. The fourth-order valence-electron chi connectivity index (χ4n) is 4.20. The van der Waals surface area contributed by atoms with E-state index in [2.05, 4.69) is 31.3 Å². The van der Waals surface area contributed by atoms with Crippen LogP contribution in [0.4, 0.5) is 5.82 Å². The van der Waals surface area contributed by atoms with E-state index in [4.69, 9.17) is 4.74 Å². The van der Waals surface area contributed by atoms with Crippen LogP contribution in [0, 0.1) is 0 Å². The van der Waals surface area contributed by atoms with Crippen molar-refractivity contribution in [2.24, 2.45) is 0 Å². The van der Waals surface area contributed by atoms with Gasteiger partial charge < -0.3 is 30.4 Å². The first-order chi connectivity index (χ1) is 15.0. The van der Waals surface area contributed by atoms with Crippen LogP contribution >= 0.6 is 0 Å². The molecule has 10 nitrogen and oxygen atoms in total. The summed E-state index contributed by atoms with van der Waals surface area (Å²) < 4.78 is 7.25. The molecule has 1 aliphatic heterocycles. The Balaban J connectivity index is 1.37. The van der Waals surface area contributed by atoms with Gasteiger partial charge >= 0.3 is 0 Å². The van der Waals surface area contributed by atoms with Gasteiger partial charge in [-0.1, -0.05) is 18.2 Å². The van der Waals surface area contributed by atoms with Crippen molar-refractivity contribution in [2.75, 3.05) is 18.5 Å². The first-order valence-corrected chi connectivity index (χ1v) is 10.1. The molecule has 1 fully saturated rings. The zero-order valence-corrected chi connectivity index (χ0v) is 16.9. The van der Waals surface area contributed by atoms with E-state index in [1.165, 1.54) is 30.5 Å². The minimum Gasteiger partial charge on any atom is -0.394 e. The molecule has 10 heteroatoms. The topological polar surface area (TPSA) is 141 Å². The highest BCUT2D eigenvalue weighted by atomic mass is 16.6. The van der Waals surface area contributed by atoms with Gasteiger partial charge in [-0.3, -0.25) is 4.57 Å². The monoisotopic (exact) mass is 424 g/mol. The van der Waals surface area contributed by atoms with Gasteiger partial charge in [-0.2, -0.15) is 0 Å². The van der Waals surface area contributed by atoms with Gasteiger partial charge in [0.25, 0.3) is 0 Å². The number of ether oxygens (including phenoxy) is 1.